The number of hydrogen-bond acceptors (Lipinski definition) is 2. The van der Waals surface area contributed by atoms with Crippen LogP contribution in [0.25, 0.3) is 0 Å². The summed E-state index contributed by atoms with van der Waals surface area (Å²) in [5.74, 6) is 0.924. The van der Waals surface area contributed by atoms with Gasteiger partial charge in [-0.15, -0.1) is 0 Å². The Labute approximate surface area is 79.1 Å². The van der Waals surface area contributed by atoms with E-state index in [1.54, 1.807) is 7.11 Å². The van der Waals surface area contributed by atoms with E-state index < -0.39 is 0 Å². The third kappa shape index (κ3) is 1.77. The zero-order valence-corrected chi connectivity index (χ0v) is 8.16. The zero-order valence-electron chi connectivity index (χ0n) is 8.16. The van der Waals surface area contributed by atoms with Gasteiger partial charge in [0.05, 0.1) is 7.11 Å². The second kappa shape index (κ2) is 3.29. The van der Waals surface area contributed by atoms with E-state index in [2.05, 4.69) is 24.1 Å². The van der Waals surface area contributed by atoms with Crippen LogP contribution in [0.3, 0.4) is 0 Å². The van der Waals surface area contributed by atoms with Crippen molar-refractivity contribution in [2.24, 2.45) is 0 Å². The molecule has 13 heavy (non-hydrogen) atoms. The summed E-state index contributed by atoms with van der Waals surface area (Å²) in [6.07, 6.45) is 2.67. The molecule has 0 bridgehead atoms. The molecule has 0 spiro atoms. The highest BCUT2D eigenvalue weighted by Crippen LogP contribution is 2.30. The van der Waals surface area contributed by atoms with Crippen LogP contribution in [0.4, 0.5) is 5.69 Å². The molecule has 0 saturated heterocycles. The van der Waals surface area contributed by atoms with Gasteiger partial charge in [-0.05, 0) is 37.1 Å². The van der Waals surface area contributed by atoms with Crippen LogP contribution in [0, 0.1) is 0 Å². The van der Waals surface area contributed by atoms with E-state index in [1.807, 2.05) is 12.1 Å². The van der Waals surface area contributed by atoms with Crippen molar-refractivity contribution in [2.45, 2.75) is 18.9 Å². The van der Waals surface area contributed by atoms with Gasteiger partial charge in [0.15, 0.2) is 0 Å². The van der Waals surface area contributed by atoms with Gasteiger partial charge < -0.3 is 9.64 Å². The number of benzene rings is 1. The molecule has 0 amide bonds. The standard InChI is InChI=1S/C11H15NO/c1-12(9-3-4-9)10-5-7-11(13-2)8-6-10/h5-9H,3-4H2,1-2H3. The summed E-state index contributed by atoms with van der Waals surface area (Å²) in [6, 6.07) is 9.00. The number of hydrogen-bond donors (Lipinski definition) is 0. The molecule has 2 heteroatoms. The van der Waals surface area contributed by atoms with E-state index in [4.69, 9.17) is 4.74 Å². The van der Waals surface area contributed by atoms with E-state index in [0.717, 1.165) is 11.8 Å². The first-order chi connectivity index (χ1) is 6.31. The van der Waals surface area contributed by atoms with Crippen LogP contribution in [0.2, 0.25) is 0 Å². The van der Waals surface area contributed by atoms with Crippen molar-refractivity contribution in [3.63, 3.8) is 0 Å². The molecule has 0 aliphatic heterocycles. The maximum absolute atomic E-state index is 5.11. The lowest BCUT2D eigenvalue weighted by molar-refractivity contribution is 0.415. The second-order valence-corrected chi connectivity index (χ2v) is 3.54. The molecular weight excluding hydrogens is 162 g/mol. The molecule has 0 N–H and O–H groups in total. The third-order valence-corrected chi connectivity index (χ3v) is 2.57. The normalized spacial score (nSPS) is 15.5. The van der Waals surface area contributed by atoms with Gasteiger partial charge in [-0.25, -0.2) is 0 Å². The van der Waals surface area contributed by atoms with Crippen molar-refractivity contribution in [1.82, 2.24) is 0 Å². The average Bonchev–Trinajstić information content (AvgIpc) is 3.00. The summed E-state index contributed by atoms with van der Waals surface area (Å²) in [4.78, 5) is 2.33. The maximum Gasteiger partial charge on any atom is 0.119 e. The first-order valence-electron chi connectivity index (χ1n) is 4.68. The predicted octanol–water partition coefficient (Wildman–Crippen LogP) is 2.29. The van der Waals surface area contributed by atoms with Gasteiger partial charge in [-0.3, -0.25) is 0 Å². The molecule has 0 aromatic heterocycles. The molecule has 1 fully saturated rings. The van der Waals surface area contributed by atoms with Crippen molar-refractivity contribution >= 4 is 5.69 Å². The summed E-state index contributed by atoms with van der Waals surface area (Å²) in [6.45, 7) is 0. The minimum Gasteiger partial charge on any atom is -0.497 e. The van der Waals surface area contributed by atoms with Crippen LogP contribution in [-0.2, 0) is 0 Å². The van der Waals surface area contributed by atoms with Gasteiger partial charge in [0, 0.05) is 18.8 Å². The Morgan fingerprint density at radius 3 is 2.31 bits per heavy atom. The van der Waals surface area contributed by atoms with E-state index in [9.17, 15) is 0 Å². The predicted molar refractivity (Wildman–Crippen MR) is 54.4 cm³/mol. The smallest absolute Gasteiger partial charge is 0.119 e. The lowest BCUT2D eigenvalue weighted by Crippen LogP contribution is -2.18. The van der Waals surface area contributed by atoms with Crippen molar-refractivity contribution in [3.8, 4) is 5.75 Å². The molecule has 1 aliphatic rings. The van der Waals surface area contributed by atoms with Gasteiger partial charge in [0.25, 0.3) is 0 Å². The number of anilines is 1. The van der Waals surface area contributed by atoms with Crippen LogP contribution in [0.5, 0.6) is 5.75 Å². The average molecular weight is 177 g/mol. The SMILES string of the molecule is COc1ccc(N(C)C2CC2)cc1. The molecule has 2 nitrogen and oxygen atoms in total. The molecule has 70 valence electrons. The topological polar surface area (TPSA) is 12.5 Å². The largest absolute Gasteiger partial charge is 0.497 e. The summed E-state index contributed by atoms with van der Waals surface area (Å²) in [7, 11) is 3.85. The van der Waals surface area contributed by atoms with E-state index >= 15 is 0 Å². The molecule has 1 aromatic carbocycles. The highest BCUT2D eigenvalue weighted by atomic mass is 16.5. The Morgan fingerprint density at radius 1 is 1.23 bits per heavy atom. The number of ether oxygens (including phenoxy) is 1. The lowest BCUT2D eigenvalue weighted by atomic mass is 10.3. The summed E-state index contributed by atoms with van der Waals surface area (Å²) >= 11 is 0. The Balaban J connectivity index is 2.11. The van der Waals surface area contributed by atoms with Crippen molar-refractivity contribution in [1.29, 1.82) is 0 Å². The summed E-state index contributed by atoms with van der Waals surface area (Å²) < 4.78 is 5.11. The van der Waals surface area contributed by atoms with Crippen LogP contribution in [0.15, 0.2) is 24.3 Å². The lowest BCUT2D eigenvalue weighted by Gasteiger charge is -2.18. The van der Waals surface area contributed by atoms with Crippen molar-refractivity contribution < 1.29 is 4.74 Å². The molecule has 0 heterocycles. The summed E-state index contributed by atoms with van der Waals surface area (Å²) in [5.41, 5.74) is 1.28. The fraction of sp³-hybridized carbons (Fsp3) is 0.455. The minimum atomic E-state index is 0.772. The highest BCUT2D eigenvalue weighted by molar-refractivity contribution is 5.50. The molecule has 2 rings (SSSR count). The Hall–Kier alpha value is -1.18. The molecule has 1 saturated carbocycles. The number of rotatable bonds is 3. The summed E-state index contributed by atoms with van der Waals surface area (Å²) in [5, 5.41) is 0. The molecule has 0 atom stereocenters. The third-order valence-electron chi connectivity index (χ3n) is 2.57. The molecule has 1 aliphatic carbocycles. The zero-order chi connectivity index (χ0) is 9.26. The molecule has 0 radical (unpaired) electrons. The molecule has 1 aromatic rings. The minimum absolute atomic E-state index is 0.772. The van der Waals surface area contributed by atoms with E-state index in [0.29, 0.717) is 0 Å². The van der Waals surface area contributed by atoms with Crippen LogP contribution >= 0.6 is 0 Å². The number of nitrogens with zero attached hydrogens (tertiary/aromatic N) is 1. The van der Waals surface area contributed by atoms with Gasteiger partial charge in [0.2, 0.25) is 0 Å². The Kier molecular flexibility index (Phi) is 2.13. The monoisotopic (exact) mass is 177 g/mol. The Bertz CT molecular complexity index is 277. The van der Waals surface area contributed by atoms with Crippen molar-refractivity contribution in [2.75, 3.05) is 19.1 Å². The highest BCUT2D eigenvalue weighted by Gasteiger charge is 2.26. The van der Waals surface area contributed by atoms with Gasteiger partial charge >= 0.3 is 0 Å². The van der Waals surface area contributed by atoms with E-state index in [-0.39, 0.29) is 0 Å². The van der Waals surface area contributed by atoms with Crippen molar-refractivity contribution in [3.05, 3.63) is 24.3 Å². The van der Waals surface area contributed by atoms with Gasteiger partial charge in [-0.2, -0.15) is 0 Å². The second-order valence-electron chi connectivity index (χ2n) is 3.54. The quantitative estimate of drug-likeness (QED) is 0.702. The fourth-order valence-electron chi connectivity index (χ4n) is 1.49. The first kappa shape index (κ1) is 8.42. The van der Waals surface area contributed by atoms with Gasteiger partial charge in [0.1, 0.15) is 5.75 Å². The first-order valence-corrected chi connectivity index (χ1v) is 4.68. The fourth-order valence-corrected chi connectivity index (χ4v) is 1.49. The van der Waals surface area contributed by atoms with Crippen LogP contribution in [0.1, 0.15) is 12.8 Å². The van der Waals surface area contributed by atoms with E-state index in [1.165, 1.54) is 18.5 Å². The van der Waals surface area contributed by atoms with Crippen LogP contribution < -0.4 is 9.64 Å². The number of methoxy groups -OCH3 is 1. The van der Waals surface area contributed by atoms with Crippen LogP contribution in [-0.4, -0.2) is 20.2 Å². The Morgan fingerprint density at radius 2 is 1.85 bits per heavy atom. The van der Waals surface area contributed by atoms with Gasteiger partial charge in [-0.1, -0.05) is 0 Å². The molecule has 0 unspecified atom stereocenters. The maximum atomic E-state index is 5.11. The molecular formula is C11H15NO.